The molecule has 6 N–H and O–H groups in total. The fourth-order valence-corrected chi connectivity index (χ4v) is 27.4. The highest BCUT2D eigenvalue weighted by Crippen LogP contribution is 2.69. The third-order valence-electron chi connectivity index (χ3n) is 33.5. The molecule has 548 valence electrons. The Balaban J connectivity index is 0.000000135. The van der Waals surface area contributed by atoms with Crippen molar-refractivity contribution in [2.75, 3.05) is 45.9 Å². The van der Waals surface area contributed by atoms with Gasteiger partial charge in [0, 0.05) is 57.5 Å². The van der Waals surface area contributed by atoms with Crippen molar-refractivity contribution in [2.24, 2.45) is 123 Å². The van der Waals surface area contributed by atoms with Gasteiger partial charge in [-0.1, -0.05) is 97.3 Å². The van der Waals surface area contributed by atoms with E-state index in [1.54, 1.807) is 16.7 Å². The predicted molar refractivity (Wildman–Crippen MR) is 388 cm³/mol. The molecule has 27 atom stereocenters. The molecule has 3 aliphatic heterocycles. The first-order chi connectivity index (χ1) is 45.7. The van der Waals surface area contributed by atoms with Crippen molar-refractivity contribution in [2.45, 2.75) is 327 Å². The summed E-state index contributed by atoms with van der Waals surface area (Å²) in [4.78, 5) is 0. The van der Waals surface area contributed by atoms with Crippen molar-refractivity contribution in [1.82, 2.24) is 0 Å². The van der Waals surface area contributed by atoms with E-state index < -0.39 is 33.6 Å². The van der Waals surface area contributed by atoms with Gasteiger partial charge in [0.05, 0.1) is 53.4 Å². The average molecular weight is 1360 g/mol. The molecule has 0 aromatic rings. The molecular formula is C85H141FO9S. The lowest BCUT2D eigenvalue weighted by Gasteiger charge is -2.55. The molecule has 96 heavy (non-hydrogen) atoms. The van der Waals surface area contributed by atoms with E-state index in [9.17, 15) is 34.5 Å². The van der Waals surface area contributed by atoms with Gasteiger partial charge in [0.1, 0.15) is 0 Å². The Morgan fingerprint density at radius 3 is 0.906 bits per heavy atom. The molecule has 0 bridgehead atoms. The minimum atomic E-state index is -0.559. The van der Waals surface area contributed by atoms with E-state index >= 15 is 0 Å². The molecule has 0 spiro atoms. The van der Waals surface area contributed by atoms with Gasteiger partial charge in [-0.25, -0.2) is 0 Å². The first kappa shape index (κ1) is 74.8. The first-order valence-corrected chi connectivity index (χ1v) is 42.1. The number of rotatable bonds is 15. The molecule has 15 rings (SSSR count). The van der Waals surface area contributed by atoms with Gasteiger partial charge in [-0.05, 0) is 335 Å². The second-order valence-corrected chi connectivity index (χ2v) is 38.3. The highest BCUT2D eigenvalue weighted by molar-refractivity contribution is 7.93. The summed E-state index contributed by atoms with van der Waals surface area (Å²) in [5.41, 5.74) is 3.31. The summed E-state index contributed by atoms with van der Waals surface area (Å²) >= 11 is 0.250. The molecule has 1 unspecified atom stereocenters. The number of halogens is 1. The molecule has 12 aliphatic carbocycles. The van der Waals surface area contributed by atoms with E-state index in [1.807, 2.05) is 0 Å². The van der Waals surface area contributed by atoms with Crippen LogP contribution < -0.4 is 0 Å². The van der Waals surface area contributed by atoms with Crippen LogP contribution in [0, 0.1) is 123 Å². The van der Waals surface area contributed by atoms with Gasteiger partial charge in [0.25, 0.3) is 0 Å². The Kier molecular flexibility index (Phi) is 23.3. The zero-order chi connectivity index (χ0) is 68.3. The van der Waals surface area contributed by atoms with Crippen LogP contribution in [-0.2, 0) is 14.2 Å². The third-order valence-corrected chi connectivity index (χ3v) is 33.5. The van der Waals surface area contributed by atoms with Crippen LogP contribution in [0.2, 0.25) is 0 Å². The maximum absolute atomic E-state index is 10.9. The van der Waals surface area contributed by atoms with Crippen LogP contribution in [0.4, 0.5) is 3.89 Å². The topological polar surface area (TPSA) is 149 Å². The lowest BCUT2D eigenvalue weighted by atomic mass is 9.50. The third kappa shape index (κ3) is 14.9. The Hall–Kier alpha value is -0.860. The van der Waals surface area contributed by atoms with Gasteiger partial charge in [-0.15, -0.1) is 0 Å². The van der Waals surface area contributed by atoms with Gasteiger partial charge in [0.2, 0.25) is 0 Å². The molecule has 15 aliphatic rings. The van der Waals surface area contributed by atoms with Crippen molar-refractivity contribution >= 4 is 12.1 Å². The van der Waals surface area contributed by atoms with Crippen molar-refractivity contribution in [3.8, 4) is 0 Å². The van der Waals surface area contributed by atoms with E-state index in [0.717, 1.165) is 224 Å². The van der Waals surface area contributed by atoms with Crippen LogP contribution in [0.25, 0.3) is 0 Å². The fourth-order valence-electron chi connectivity index (χ4n) is 27.4. The Bertz CT molecular complexity index is 2400. The zero-order valence-corrected chi connectivity index (χ0v) is 63.3. The molecule has 9 saturated carbocycles. The Morgan fingerprint density at radius 1 is 0.396 bits per heavy atom. The van der Waals surface area contributed by atoms with E-state index in [0.29, 0.717) is 53.8 Å². The van der Waals surface area contributed by atoms with Crippen molar-refractivity contribution in [3.05, 3.63) is 34.9 Å². The van der Waals surface area contributed by atoms with Crippen LogP contribution in [0.3, 0.4) is 0 Å². The van der Waals surface area contributed by atoms with E-state index in [1.165, 1.54) is 122 Å². The minimum absolute atomic E-state index is 0.250. The molecule has 3 heterocycles. The molecule has 0 amide bonds. The van der Waals surface area contributed by atoms with Crippen LogP contribution in [-0.4, -0.2) is 110 Å². The second-order valence-electron chi connectivity index (χ2n) is 38.0. The molecule has 0 aromatic heterocycles. The van der Waals surface area contributed by atoms with Gasteiger partial charge >= 0.3 is 0 Å². The van der Waals surface area contributed by atoms with Gasteiger partial charge < -0.3 is 44.8 Å². The van der Waals surface area contributed by atoms with Crippen molar-refractivity contribution in [3.63, 3.8) is 0 Å². The number of ether oxygens (including phenoxy) is 3. The monoisotopic (exact) mass is 1360 g/mol. The van der Waals surface area contributed by atoms with Crippen LogP contribution in [0.1, 0.15) is 293 Å². The highest BCUT2D eigenvalue weighted by Gasteiger charge is 2.61. The number of fused-ring (bicyclic) bond motifs is 15. The molecule has 9 nitrogen and oxygen atoms in total. The number of allylic oxidation sites excluding steroid dienone is 3. The molecule has 3 saturated heterocycles. The Morgan fingerprint density at radius 2 is 0.667 bits per heavy atom. The summed E-state index contributed by atoms with van der Waals surface area (Å²) in [5.74, 6) is 14.6. The molecule has 0 aromatic carbocycles. The van der Waals surface area contributed by atoms with Crippen LogP contribution >= 0.6 is 12.1 Å². The first-order valence-electron chi connectivity index (χ1n) is 41.0. The molecule has 11 heteroatoms. The molecule has 12 fully saturated rings. The van der Waals surface area contributed by atoms with Crippen LogP contribution in [0.5, 0.6) is 0 Å². The Labute approximate surface area is 588 Å². The predicted octanol–water partition coefficient (Wildman–Crippen LogP) is 18.9. The SMILES string of the molecule is CC[C@]1(O)CC[C@H]2C(=CC[C@@H]3[C@@H]2CC[C@]2(C)[C@@H]([C@H](C)CCC4(O)CCOC4)CC[C@@H]32)C1.CC[C@]1(O)CC[C@H]2C(=CC[C@@H]3[C@@H]2CC[C@]2(C)[C@@H]([C@H](C)CC[C@@]4(O)CCOC4)CC[C@@H]32)C1.CC[C@]1(O)CC[C@H]2C(=CC[C@@H]3[C@@H]2CC[C@]2(C)[C@@H]([C@H](C)CC[C@]4(O)CCOC4)CC[C@@H]32)C1.CSF. The maximum Gasteiger partial charge on any atom is 0.0902 e. The second kappa shape index (κ2) is 29.9. The maximum atomic E-state index is 10.9. The van der Waals surface area contributed by atoms with Crippen molar-refractivity contribution in [1.29, 1.82) is 0 Å². The fraction of sp³-hybridized carbons (Fsp3) is 0.929. The molecule has 0 radical (unpaired) electrons. The summed E-state index contributed by atoms with van der Waals surface area (Å²) < 4.78 is 26.6. The lowest BCUT2D eigenvalue weighted by molar-refractivity contribution is -0.0482. The van der Waals surface area contributed by atoms with Crippen molar-refractivity contribution < 1.29 is 48.7 Å². The average Bonchev–Trinajstić information content (AvgIpc) is 1.43. The summed E-state index contributed by atoms with van der Waals surface area (Å²) in [6.45, 7) is 25.5. The smallest absolute Gasteiger partial charge is 0.0902 e. The van der Waals surface area contributed by atoms with Gasteiger partial charge in [-0.3, -0.25) is 0 Å². The highest BCUT2D eigenvalue weighted by atomic mass is 32.2. The quantitative estimate of drug-likeness (QED) is 0.0875. The zero-order valence-electron chi connectivity index (χ0n) is 62.5. The van der Waals surface area contributed by atoms with Gasteiger partial charge in [-0.2, -0.15) is 3.89 Å². The normalized spacial score (nSPS) is 49.0. The minimum Gasteiger partial charge on any atom is -0.390 e. The van der Waals surface area contributed by atoms with Gasteiger partial charge in [0.15, 0.2) is 0 Å². The van der Waals surface area contributed by atoms with E-state index in [4.69, 9.17) is 14.2 Å². The summed E-state index contributed by atoms with van der Waals surface area (Å²) in [5, 5.41) is 64.9. The van der Waals surface area contributed by atoms with E-state index in [-0.39, 0.29) is 12.1 Å². The standard InChI is InChI=1S/3C28H46O3.CH3FS/c3*1-4-27(29)14-11-21-20(17-27)5-6-23-22(21)10-12-26(3)24(7-8-25(23)26)19(2)9-13-28(30)15-16-31-18-28;1-3-2/h3*5,19,21-25,29-30H,4,6-18H2,1-3H3;1H3/t19-,21+,22-,23-,24-,25+,26-,27+,28?;19-,21+,22-,23-,24-,25+,26-,27+,28+;19-,21+,22-,23-,24-,25+,26-,27+,28-;/m111./s1. The molecular weight excluding hydrogens is 1220 g/mol. The number of hydrogen-bond acceptors (Lipinski definition) is 10. The largest absolute Gasteiger partial charge is 0.390 e. The van der Waals surface area contributed by atoms with Crippen LogP contribution in [0.15, 0.2) is 34.9 Å². The number of hydrogen-bond donors (Lipinski definition) is 6. The summed E-state index contributed by atoms with van der Waals surface area (Å²) in [6.07, 6.45) is 50.4. The number of aliphatic hydroxyl groups is 6. The summed E-state index contributed by atoms with van der Waals surface area (Å²) in [7, 11) is 0. The summed E-state index contributed by atoms with van der Waals surface area (Å²) in [6, 6.07) is 0. The van der Waals surface area contributed by atoms with E-state index in [2.05, 4.69) is 80.5 Å². The lowest BCUT2D eigenvalue weighted by Crippen LogP contribution is -2.48.